The maximum atomic E-state index is 12.2. The Labute approximate surface area is 144 Å². The number of carbonyl (C=O) groups excluding carboxylic acids is 1. The number of sulfonamides is 1. The molecule has 1 N–H and O–H groups in total. The van der Waals surface area contributed by atoms with Gasteiger partial charge in [0.05, 0.1) is 18.2 Å². The fourth-order valence-electron chi connectivity index (χ4n) is 2.71. The van der Waals surface area contributed by atoms with Crippen molar-refractivity contribution in [3.8, 4) is 5.75 Å². The van der Waals surface area contributed by atoms with E-state index in [1.54, 1.807) is 6.92 Å². The van der Waals surface area contributed by atoms with E-state index in [2.05, 4.69) is 5.32 Å². The molecule has 0 spiro atoms. The monoisotopic (exact) mass is 354 g/mol. The van der Waals surface area contributed by atoms with E-state index in [0.29, 0.717) is 19.7 Å². The van der Waals surface area contributed by atoms with Crippen molar-refractivity contribution >= 4 is 15.9 Å². The van der Waals surface area contributed by atoms with Crippen molar-refractivity contribution in [2.24, 2.45) is 5.92 Å². The molecule has 1 aromatic carbocycles. The molecule has 1 fully saturated rings. The third-order valence-electron chi connectivity index (χ3n) is 4.20. The van der Waals surface area contributed by atoms with E-state index in [1.807, 2.05) is 31.2 Å². The number of carbonyl (C=O) groups is 1. The van der Waals surface area contributed by atoms with Crippen LogP contribution in [-0.4, -0.2) is 50.6 Å². The van der Waals surface area contributed by atoms with Crippen LogP contribution in [0.3, 0.4) is 0 Å². The van der Waals surface area contributed by atoms with E-state index in [1.165, 1.54) is 9.87 Å². The molecule has 1 atom stereocenters. The van der Waals surface area contributed by atoms with Crippen LogP contribution < -0.4 is 10.1 Å². The molecule has 1 aromatic rings. The molecule has 1 heterocycles. The highest BCUT2D eigenvalue weighted by molar-refractivity contribution is 7.89. The van der Waals surface area contributed by atoms with Crippen LogP contribution in [0.4, 0.5) is 0 Å². The second-order valence-electron chi connectivity index (χ2n) is 6.05. The summed E-state index contributed by atoms with van der Waals surface area (Å²) in [7, 11) is -3.22. The van der Waals surface area contributed by atoms with Crippen LogP contribution in [0.5, 0.6) is 5.75 Å². The van der Waals surface area contributed by atoms with E-state index in [0.717, 1.165) is 18.6 Å². The molecule has 0 aliphatic carbocycles. The summed E-state index contributed by atoms with van der Waals surface area (Å²) < 4.78 is 30.9. The SMILES string of the molecule is CCS(=O)(=O)N1CCCC(C(=O)NCCOc2ccc(C)cc2)C1. The third kappa shape index (κ3) is 5.21. The maximum absolute atomic E-state index is 12.2. The first-order chi connectivity index (χ1) is 11.4. The summed E-state index contributed by atoms with van der Waals surface area (Å²) in [6.07, 6.45) is 1.44. The number of nitrogens with one attached hydrogen (secondary N) is 1. The van der Waals surface area contributed by atoms with Crippen LogP contribution in [-0.2, 0) is 14.8 Å². The molecule has 1 aliphatic heterocycles. The second kappa shape index (κ2) is 8.48. The largest absolute Gasteiger partial charge is 0.492 e. The number of hydrogen-bond donors (Lipinski definition) is 1. The smallest absolute Gasteiger partial charge is 0.224 e. The summed E-state index contributed by atoms with van der Waals surface area (Å²) in [6.45, 7) is 5.22. The van der Waals surface area contributed by atoms with Crippen molar-refractivity contribution in [2.45, 2.75) is 26.7 Å². The molecule has 1 saturated heterocycles. The van der Waals surface area contributed by atoms with E-state index in [9.17, 15) is 13.2 Å². The zero-order valence-electron chi connectivity index (χ0n) is 14.3. The zero-order chi connectivity index (χ0) is 17.6. The lowest BCUT2D eigenvalue weighted by molar-refractivity contribution is -0.126. The van der Waals surface area contributed by atoms with E-state index in [-0.39, 0.29) is 24.1 Å². The Morgan fingerprint density at radius 1 is 1.33 bits per heavy atom. The van der Waals surface area contributed by atoms with Gasteiger partial charge in [0.1, 0.15) is 12.4 Å². The number of ether oxygens (including phenoxy) is 1. The van der Waals surface area contributed by atoms with Crippen LogP contribution in [0.15, 0.2) is 24.3 Å². The van der Waals surface area contributed by atoms with Gasteiger partial charge in [0, 0.05) is 13.1 Å². The molecule has 1 amide bonds. The van der Waals surface area contributed by atoms with Crippen LogP contribution in [0.2, 0.25) is 0 Å². The molecular formula is C17H26N2O4S. The summed E-state index contributed by atoms with van der Waals surface area (Å²) >= 11 is 0. The summed E-state index contributed by atoms with van der Waals surface area (Å²) in [5.74, 6) is 0.469. The molecule has 24 heavy (non-hydrogen) atoms. The number of aryl methyl sites for hydroxylation is 1. The van der Waals surface area contributed by atoms with Crippen molar-refractivity contribution in [2.75, 3.05) is 32.0 Å². The normalized spacial score (nSPS) is 19.0. The molecule has 1 aliphatic rings. The minimum atomic E-state index is -3.22. The maximum Gasteiger partial charge on any atom is 0.224 e. The van der Waals surface area contributed by atoms with Gasteiger partial charge in [-0.3, -0.25) is 4.79 Å². The summed E-state index contributed by atoms with van der Waals surface area (Å²) in [5.41, 5.74) is 1.17. The first kappa shape index (κ1) is 18.7. The molecule has 0 aromatic heterocycles. The third-order valence-corrected chi connectivity index (χ3v) is 6.05. The number of rotatable bonds is 7. The van der Waals surface area contributed by atoms with Gasteiger partial charge in [-0.1, -0.05) is 17.7 Å². The average Bonchev–Trinajstić information content (AvgIpc) is 2.60. The van der Waals surface area contributed by atoms with E-state index >= 15 is 0 Å². The topological polar surface area (TPSA) is 75.7 Å². The Morgan fingerprint density at radius 3 is 2.71 bits per heavy atom. The molecule has 7 heteroatoms. The van der Waals surface area contributed by atoms with Gasteiger partial charge in [-0.05, 0) is 38.8 Å². The van der Waals surface area contributed by atoms with Gasteiger partial charge in [0.2, 0.25) is 15.9 Å². The summed E-state index contributed by atoms with van der Waals surface area (Å²) in [4.78, 5) is 12.2. The summed E-state index contributed by atoms with van der Waals surface area (Å²) in [6, 6.07) is 7.73. The first-order valence-electron chi connectivity index (χ1n) is 8.37. The van der Waals surface area contributed by atoms with Crippen molar-refractivity contribution < 1.29 is 17.9 Å². The second-order valence-corrected chi connectivity index (χ2v) is 8.31. The van der Waals surface area contributed by atoms with Crippen LogP contribution in [0, 0.1) is 12.8 Å². The van der Waals surface area contributed by atoms with Crippen LogP contribution >= 0.6 is 0 Å². The molecule has 0 saturated carbocycles. The standard InChI is InChI=1S/C17H26N2O4S/c1-3-24(21,22)19-11-4-5-15(13-19)17(20)18-10-12-23-16-8-6-14(2)7-9-16/h6-9,15H,3-5,10-13H2,1-2H3,(H,18,20). The summed E-state index contributed by atoms with van der Waals surface area (Å²) in [5, 5.41) is 2.84. The van der Waals surface area contributed by atoms with E-state index in [4.69, 9.17) is 4.74 Å². The van der Waals surface area contributed by atoms with E-state index < -0.39 is 10.0 Å². The lowest BCUT2D eigenvalue weighted by Crippen LogP contribution is -2.46. The van der Waals surface area contributed by atoms with Gasteiger partial charge in [-0.15, -0.1) is 0 Å². The molecule has 0 bridgehead atoms. The molecule has 6 nitrogen and oxygen atoms in total. The fourth-order valence-corrected chi connectivity index (χ4v) is 3.89. The predicted molar refractivity (Wildman–Crippen MR) is 93.4 cm³/mol. The molecular weight excluding hydrogens is 328 g/mol. The quantitative estimate of drug-likeness (QED) is 0.754. The highest BCUT2D eigenvalue weighted by atomic mass is 32.2. The Balaban J connectivity index is 1.75. The van der Waals surface area contributed by atoms with Crippen LogP contribution in [0.25, 0.3) is 0 Å². The fraction of sp³-hybridized carbons (Fsp3) is 0.588. The lowest BCUT2D eigenvalue weighted by Gasteiger charge is -2.30. The Morgan fingerprint density at radius 2 is 2.04 bits per heavy atom. The predicted octanol–water partition coefficient (Wildman–Crippen LogP) is 1.55. The highest BCUT2D eigenvalue weighted by Gasteiger charge is 2.31. The average molecular weight is 354 g/mol. The highest BCUT2D eigenvalue weighted by Crippen LogP contribution is 2.19. The molecule has 2 rings (SSSR count). The van der Waals surface area contributed by atoms with Crippen molar-refractivity contribution in [1.29, 1.82) is 0 Å². The van der Waals surface area contributed by atoms with Crippen molar-refractivity contribution in [3.05, 3.63) is 29.8 Å². The number of nitrogens with zero attached hydrogens (tertiary/aromatic N) is 1. The lowest BCUT2D eigenvalue weighted by atomic mass is 9.99. The number of hydrogen-bond acceptors (Lipinski definition) is 4. The Kier molecular flexibility index (Phi) is 6.62. The zero-order valence-corrected chi connectivity index (χ0v) is 15.1. The van der Waals surface area contributed by atoms with Crippen LogP contribution in [0.1, 0.15) is 25.3 Å². The number of benzene rings is 1. The number of piperidine rings is 1. The Hall–Kier alpha value is -1.60. The van der Waals surface area contributed by atoms with Gasteiger partial charge in [0.25, 0.3) is 0 Å². The molecule has 134 valence electrons. The van der Waals surface area contributed by atoms with Gasteiger partial charge in [-0.25, -0.2) is 12.7 Å². The van der Waals surface area contributed by atoms with Crippen molar-refractivity contribution in [3.63, 3.8) is 0 Å². The van der Waals surface area contributed by atoms with Gasteiger partial charge >= 0.3 is 0 Å². The first-order valence-corrected chi connectivity index (χ1v) is 9.98. The minimum absolute atomic E-state index is 0.0751. The van der Waals surface area contributed by atoms with Gasteiger partial charge in [0.15, 0.2) is 0 Å². The van der Waals surface area contributed by atoms with Crippen molar-refractivity contribution in [1.82, 2.24) is 9.62 Å². The van der Waals surface area contributed by atoms with Gasteiger partial charge in [-0.2, -0.15) is 0 Å². The number of amides is 1. The van der Waals surface area contributed by atoms with Gasteiger partial charge < -0.3 is 10.1 Å². The molecule has 0 radical (unpaired) electrons. The minimum Gasteiger partial charge on any atom is -0.492 e. The Bertz CT molecular complexity index is 643. The molecule has 1 unspecified atom stereocenters.